The van der Waals surface area contributed by atoms with Crippen LogP contribution in [0.1, 0.15) is 6.04 Å². The summed E-state index contributed by atoms with van der Waals surface area (Å²) in [5, 5.41) is 12.2. The lowest BCUT2D eigenvalue weighted by atomic mass is 10.1. The lowest BCUT2D eigenvalue weighted by Crippen LogP contribution is -2.43. The first kappa shape index (κ1) is 11.2. The van der Waals surface area contributed by atoms with Gasteiger partial charge in [0.05, 0.1) is 17.3 Å². The summed E-state index contributed by atoms with van der Waals surface area (Å²) in [4.78, 5) is 0. The maximum Gasteiger partial charge on any atom is 0.113 e. The van der Waals surface area contributed by atoms with Crippen molar-refractivity contribution in [2.75, 3.05) is 13.1 Å². The predicted octanol–water partition coefficient (Wildman–Crippen LogP) is 2.51. The second-order valence-corrected chi connectivity index (χ2v) is 5.29. The van der Waals surface area contributed by atoms with E-state index in [0.29, 0.717) is 11.1 Å². The second-order valence-electron chi connectivity index (χ2n) is 4.02. The van der Waals surface area contributed by atoms with Crippen LogP contribution in [0.2, 0.25) is 5.02 Å². The number of benzene rings is 1. The monoisotopic (exact) mass is 312 g/mol. The van der Waals surface area contributed by atoms with Crippen molar-refractivity contribution in [2.24, 2.45) is 0 Å². The Kier molecular flexibility index (Phi) is 2.90. The number of hydrogen-bond acceptors (Lipinski definition) is 3. The van der Waals surface area contributed by atoms with E-state index in [1.807, 2.05) is 29.1 Å². The van der Waals surface area contributed by atoms with Gasteiger partial charge in [-0.25, -0.2) is 4.68 Å². The second kappa shape index (κ2) is 4.40. The number of hydrogen-bond donors (Lipinski definition) is 1. The fourth-order valence-electron chi connectivity index (χ4n) is 1.70. The van der Waals surface area contributed by atoms with Gasteiger partial charge in [0.15, 0.2) is 0 Å². The molecular formula is C11H10BrClN4. The third-order valence-electron chi connectivity index (χ3n) is 2.86. The average Bonchev–Trinajstić information content (AvgIpc) is 2.69. The predicted molar refractivity (Wildman–Crippen MR) is 70.1 cm³/mol. The Morgan fingerprint density at radius 3 is 2.88 bits per heavy atom. The van der Waals surface area contributed by atoms with Crippen LogP contribution in [0.15, 0.2) is 28.9 Å². The first-order valence-electron chi connectivity index (χ1n) is 5.32. The van der Waals surface area contributed by atoms with Crippen molar-refractivity contribution in [3.05, 3.63) is 33.9 Å². The van der Waals surface area contributed by atoms with Crippen LogP contribution in [-0.2, 0) is 0 Å². The summed E-state index contributed by atoms with van der Waals surface area (Å²) in [5.41, 5.74) is 1.84. The average molecular weight is 314 g/mol. The molecule has 6 heteroatoms. The van der Waals surface area contributed by atoms with Gasteiger partial charge in [-0.15, -0.1) is 5.10 Å². The molecule has 0 spiro atoms. The summed E-state index contributed by atoms with van der Waals surface area (Å²) < 4.78 is 2.79. The third-order valence-corrected chi connectivity index (χ3v) is 4.09. The van der Waals surface area contributed by atoms with E-state index in [1.165, 1.54) is 0 Å². The van der Waals surface area contributed by atoms with Gasteiger partial charge < -0.3 is 5.32 Å². The topological polar surface area (TPSA) is 42.7 Å². The molecule has 2 heterocycles. The Morgan fingerprint density at radius 1 is 1.41 bits per heavy atom. The Balaban J connectivity index is 1.92. The minimum Gasteiger partial charge on any atom is -0.312 e. The molecule has 0 amide bonds. The smallest absolute Gasteiger partial charge is 0.113 e. The van der Waals surface area contributed by atoms with Gasteiger partial charge in [-0.3, -0.25) is 0 Å². The van der Waals surface area contributed by atoms with Crippen LogP contribution in [0.5, 0.6) is 0 Å². The van der Waals surface area contributed by atoms with E-state index in [9.17, 15) is 0 Å². The summed E-state index contributed by atoms with van der Waals surface area (Å²) >= 11 is 9.43. The molecule has 1 N–H and O–H groups in total. The molecule has 0 aliphatic carbocycles. The van der Waals surface area contributed by atoms with Gasteiger partial charge >= 0.3 is 0 Å². The van der Waals surface area contributed by atoms with Crippen molar-refractivity contribution in [3.63, 3.8) is 0 Å². The summed E-state index contributed by atoms with van der Waals surface area (Å²) in [7, 11) is 0. The number of nitrogens with zero attached hydrogens (tertiary/aromatic N) is 3. The summed E-state index contributed by atoms with van der Waals surface area (Å²) in [6, 6.07) is 6.21. The molecule has 1 aliphatic heterocycles. The largest absolute Gasteiger partial charge is 0.312 e. The van der Waals surface area contributed by atoms with Crippen molar-refractivity contribution >= 4 is 27.5 Å². The maximum absolute atomic E-state index is 6.06. The molecule has 4 nitrogen and oxygen atoms in total. The highest BCUT2D eigenvalue weighted by Crippen LogP contribution is 2.28. The van der Waals surface area contributed by atoms with Crippen molar-refractivity contribution < 1.29 is 0 Å². The van der Waals surface area contributed by atoms with Crippen LogP contribution in [0.25, 0.3) is 11.3 Å². The molecule has 1 aromatic carbocycles. The lowest BCUT2D eigenvalue weighted by Gasteiger charge is -2.26. The lowest BCUT2D eigenvalue weighted by molar-refractivity contribution is 0.313. The van der Waals surface area contributed by atoms with Gasteiger partial charge in [0.2, 0.25) is 0 Å². The van der Waals surface area contributed by atoms with Gasteiger partial charge in [-0.1, -0.05) is 22.9 Å². The SMILES string of the molecule is Clc1cc(-c2cn(C3CNC3)nn2)ccc1Br. The van der Waals surface area contributed by atoms with E-state index in [2.05, 4.69) is 31.6 Å². The van der Waals surface area contributed by atoms with E-state index in [1.54, 1.807) is 0 Å². The van der Waals surface area contributed by atoms with Gasteiger partial charge in [0.1, 0.15) is 5.69 Å². The number of aromatic nitrogens is 3. The molecule has 1 saturated heterocycles. The Hall–Kier alpha value is -0.910. The first-order chi connectivity index (χ1) is 8.24. The molecule has 0 unspecified atom stereocenters. The molecule has 0 bridgehead atoms. The minimum absolute atomic E-state index is 0.433. The van der Waals surface area contributed by atoms with E-state index < -0.39 is 0 Å². The number of rotatable bonds is 2. The molecule has 0 radical (unpaired) electrons. The van der Waals surface area contributed by atoms with Gasteiger partial charge in [0.25, 0.3) is 0 Å². The normalized spacial score (nSPS) is 15.9. The van der Waals surface area contributed by atoms with Crippen molar-refractivity contribution in [1.82, 2.24) is 20.3 Å². The van der Waals surface area contributed by atoms with Crippen molar-refractivity contribution in [3.8, 4) is 11.3 Å². The van der Waals surface area contributed by atoms with Gasteiger partial charge in [-0.2, -0.15) is 0 Å². The highest BCUT2D eigenvalue weighted by molar-refractivity contribution is 9.10. The number of halogens is 2. The van der Waals surface area contributed by atoms with Crippen molar-refractivity contribution in [1.29, 1.82) is 0 Å². The van der Waals surface area contributed by atoms with Crippen molar-refractivity contribution in [2.45, 2.75) is 6.04 Å². The highest BCUT2D eigenvalue weighted by Gasteiger charge is 2.20. The van der Waals surface area contributed by atoms with E-state index >= 15 is 0 Å². The van der Waals surface area contributed by atoms with Crippen LogP contribution >= 0.6 is 27.5 Å². The first-order valence-corrected chi connectivity index (χ1v) is 6.49. The summed E-state index contributed by atoms with van der Waals surface area (Å²) in [6.07, 6.45) is 1.96. The molecule has 17 heavy (non-hydrogen) atoms. The molecular weight excluding hydrogens is 304 g/mol. The zero-order valence-electron chi connectivity index (χ0n) is 8.90. The third kappa shape index (κ3) is 2.10. The van der Waals surface area contributed by atoms with Gasteiger partial charge in [-0.05, 0) is 28.1 Å². The maximum atomic E-state index is 6.06. The molecule has 1 aromatic heterocycles. The quantitative estimate of drug-likeness (QED) is 0.926. The molecule has 2 aromatic rings. The molecule has 1 aliphatic rings. The minimum atomic E-state index is 0.433. The Bertz CT molecular complexity index is 550. The van der Waals surface area contributed by atoms with E-state index in [-0.39, 0.29) is 0 Å². The molecule has 0 saturated carbocycles. The Morgan fingerprint density at radius 2 is 2.24 bits per heavy atom. The van der Waals surface area contributed by atoms with Crippen LogP contribution in [0.4, 0.5) is 0 Å². The van der Waals surface area contributed by atoms with Crippen LogP contribution in [-0.4, -0.2) is 28.1 Å². The fourth-order valence-corrected chi connectivity index (χ4v) is 2.13. The van der Waals surface area contributed by atoms with Crippen LogP contribution in [0, 0.1) is 0 Å². The van der Waals surface area contributed by atoms with E-state index in [4.69, 9.17) is 11.6 Å². The van der Waals surface area contributed by atoms with Gasteiger partial charge in [0, 0.05) is 23.1 Å². The number of nitrogens with one attached hydrogen (secondary N) is 1. The highest BCUT2D eigenvalue weighted by atomic mass is 79.9. The molecule has 0 atom stereocenters. The summed E-state index contributed by atoms with van der Waals surface area (Å²) in [5.74, 6) is 0. The van der Waals surface area contributed by atoms with Crippen LogP contribution in [0.3, 0.4) is 0 Å². The summed E-state index contributed by atoms with van der Waals surface area (Å²) in [6.45, 7) is 1.92. The van der Waals surface area contributed by atoms with Crippen LogP contribution < -0.4 is 5.32 Å². The molecule has 88 valence electrons. The zero-order chi connectivity index (χ0) is 11.8. The molecule has 1 fully saturated rings. The van der Waals surface area contributed by atoms with E-state index in [0.717, 1.165) is 28.8 Å². The Labute approximate surface area is 112 Å². The fraction of sp³-hybridized carbons (Fsp3) is 0.273. The zero-order valence-corrected chi connectivity index (χ0v) is 11.2. The molecule has 3 rings (SSSR count). The standard InChI is InChI=1S/C11H10BrClN4/c12-9-2-1-7(3-10(9)13)11-6-17(16-15-11)8-4-14-5-8/h1-3,6,8,14H,4-5H2.